The number of aromatic nitrogens is 1. The molecular formula is C66H41B2N5. The number of benzene rings is 11. The Balaban J connectivity index is 1.04. The summed E-state index contributed by atoms with van der Waals surface area (Å²) in [5.41, 5.74) is 25.9. The number of anilines is 12. The molecule has 4 aliphatic heterocycles. The summed E-state index contributed by atoms with van der Waals surface area (Å²) in [6.07, 6.45) is 0. The molecule has 13 aromatic rings. The van der Waals surface area contributed by atoms with Crippen molar-refractivity contribution in [1.29, 1.82) is 0 Å². The molecule has 0 aliphatic carbocycles. The van der Waals surface area contributed by atoms with Crippen molar-refractivity contribution in [3.05, 3.63) is 249 Å². The van der Waals surface area contributed by atoms with Gasteiger partial charge in [0, 0.05) is 78.4 Å². The lowest BCUT2D eigenvalue weighted by molar-refractivity contribution is 1.26. The molecular weight excluding hydrogens is 884 g/mol. The van der Waals surface area contributed by atoms with E-state index in [1.54, 1.807) is 0 Å². The predicted molar refractivity (Wildman–Crippen MR) is 309 cm³/mol. The Hall–Kier alpha value is -9.45. The van der Waals surface area contributed by atoms with Crippen molar-refractivity contribution in [2.45, 2.75) is 0 Å². The average Bonchev–Trinajstić information content (AvgIpc) is 4.03. The molecule has 0 saturated heterocycles. The first-order chi connectivity index (χ1) is 36.3. The number of para-hydroxylation sites is 7. The van der Waals surface area contributed by atoms with Crippen molar-refractivity contribution in [3.8, 4) is 0 Å². The zero-order chi connectivity index (χ0) is 47.5. The van der Waals surface area contributed by atoms with E-state index in [0.29, 0.717) is 0 Å². The lowest BCUT2D eigenvalue weighted by atomic mass is 9.33. The summed E-state index contributed by atoms with van der Waals surface area (Å²) in [4.78, 5) is 10.1. The first-order valence-electron chi connectivity index (χ1n) is 25.4. The molecule has 7 heteroatoms. The molecule has 11 aromatic carbocycles. The molecule has 6 heterocycles. The van der Waals surface area contributed by atoms with Crippen LogP contribution in [0.15, 0.2) is 249 Å². The van der Waals surface area contributed by atoms with Crippen LogP contribution in [0.2, 0.25) is 0 Å². The summed E-state index contributed by atoms with van der Waals surface area (Å²) in [6, 6.07) is 92.7. The van der Waals surface area contributed by atoms with Gasteiger partial charge >= 0.3 is 0 Å². The van der Waals surface area contributed by atoms with Crippen LogP contribution >= 0.6 is 0 Å². The Kier molecular flexibility index (Phi) is 7.84. The number of hydrogen-bond donors (Lipinski definition) is 0. The molecule has 0 saturated carbocycles. The Morgan fingerprint density at radius 1 is 0.260 bits per heavy atom. The zero-order valence-corrected chi connectivity index (χ0v) is 39.6. The summed E-state index contributed by atoms with van der Waals surface area (Å²) in [5.74, 6) is 0. The third-order valence-electron chi connectivity index (χ3n) is 16.4. The molecule has 2 aromatic heterocycles. The second kappa shape index (κ2) is 14.6. The monoisotopic (exact) mass is 925 g/mol. The van der Waals surface area contributed by atoms with Crippen LogP contribution < -0.4 is 52.4 Å². The number of nitrogens with zero attached hydrogens (tertiary/aromatic N) is 5. The van der Waals surface area contributed by atoms with Gasteiger partial charge in [0.05, 0.1) is 27.9 Å². The Bertz CT molecular complexity index is 4430. The van der Waals surface area contributed by atoms with Crippen molar-refractivity contribution >= 4 is 153 Å². The second-order valence-electron chi connectivity index (χ2n) is 19.9. The van der Waals surface area contributed by atoms with E-state index in [2.05, 4.69) is 273 Å². The lowest BCUT2D eigenvalue weighted by Gasteiger charge is -2.44. The van der Waals surface area contributed by atoms with Gasteiger partial charge in [0.1, 0.15) is 0 Å². The third-order valence-corrected chi connectivity index (χ3v) is 16.4. The molecule has 73 heavy (non-hydrogen) atoms. The predicted octanol–water partition coefficient (Wildman–Crippen LogP) is 13.0. The van der Waals surface area contributed by atoms with Gasteiger partial charge in [0.2, 0.25) is 0 Å². The highest BCUT2D eigenvalue weighted by Crippen LogP contribution is 2.53. The summed E-state index contributed by atoms with van der Waals surface area (Å²) in [6.45, 7) is -0.0592. The van der Waals surface area contributed by atoms with E-state index in [-0.39, 0.29) is 13.4 Å². The average molecular weight is 926 g/mol. The van der Waals surface area contributed by atoms with Crippen LogP contribution in [0.4, 0.5) is 68.2 Å². The normalized spacial score (nSPS) is 13.9. The summed E-state index contributed by atoms with van der Waals surface area (Å²) < 4.78 is 2.60. The van der Waals surface area contributed by atoms with E-state index >= 15 is 0 Å². The quantitative estimate of drug-likeness (QED) is 0.164. The molecule has 4 aliphatic rings. The Morgan fingerprint density at radius 3 is 1.21 bits per heavy atom. The summed E-state index contributed by atoms with van der Waals surface area (Å²) >= 11 is 0. The summed E-state index contributed by atoms with van der Waals surface area (Å²) in [5, 5.41) is 5.08. The van der Waals surface area contributed by atoms with Gasteiger partial charge in [0.25, 0.3) is 13.4 Å². The maximum atomic E-state index is 2.62. The van der Waals surface area contributed by atoms with Gasteiger partial charge in [-0.05, 0) is 130 Å². The molecule has 0 unspecified atom stereocenters. The van der Waals surface area contributed by atoms with Crippen LogP contribution in [-0.2, 0) is 0 Å². The number of hydrogen-bond acceptors (Lipinski definition) is 4. The number of rotatable bonds is 4. The van der Waals surface area contributed by atoms with E-state index in [1.807, 2.05) is 0 Å². The van der Waals surface area contributed by atoms with E-state index in [1.165, 1.54) is 116 Å². The van der Waals surface area contributed by atoms with Gasteiger partial charge in [-0.25, -0.2) is 0 Å². The van der Waals surface area contributed by atoms with Gasteiger partial charge < -0.3 is 24.0 Å². The molecule has 0 fully saturated rings. The van der Waals surface area contributed by atoms with Crippen LogP contribution in [0.1, 0.15) is 0 Å². The van der Waals surface area contributed by atoms with Gasteiger partial charge in [-0.15, -0.1) is 0 Å². The van der Waals surface area contributed by atoms with E-state index in [9.17, 15) is 0 Å². The maximum Gasteiger partial charge on any atom is 0.252 e. The molecule has 0 N–H and O–H groups in total. The first kappa shape index (κ1) is 39.3. The Morgan fingerprint density at radius 2 is 0.671 bits per heavy atom. The number of fused-ring (bicyclic) bond motifs is 16. The van der Waals surface area contributed by atoms with Crippen molar-refractivity contribution in [3.63, 3.8) is 0 Å². The molecule has 0 radical (unpaired) electrons. The minimum atomic E-state index is -0.0497. The molecule has 0 spiro atoms. The smallest absolute Gasteiger partial charge is 0.252 e. The van der Waals surface area contributed by atoms with Crippen LogP contribution in [0.25, 0.3) is 38.1 Å². The van der Waals surface area contributed by atoms with E-state index in [0.717, 1.165) is 22.7 Å². The van der Waals surface area contributed by atoms with E-state index < -0.39 is 0 Å². The first-order valence-corrected chi connectivity index (χ1v) is 25.4. The standard InChI is InChI=1S/C66H41B2N5/c1-5-21-42(22-6-1)69-53-33-17-14-30-48(53)67-50-39-40-55-60(65(50)71(44-25-9-3-10-26-44)58-37-19-35-56(69)62(58)67)47-41-51-66(61-46-29-13-16-32-52(46)73(55)64(47)61)72(45-27-11-4-12-28-45)59-38-20-36-57-63(59)68(51)49-31-15-18-34-54(49)70(57)43-23-7-2-8-24-43/h1-41H. The van der Waals surface area contributed by atoms with Crippen LogP contribution in [0.5, 0.6) is 0 Å². The minimum Gasteiger partial charge on any atom is -0.311 e. The van der Waals surface area contributed by atoms with E-state index in [4.69, 9.17) is 0 Å². The third kappa shape index (κ3) is 5.08. The van der Waals surface area contributed by atoms with Crippen LogP contribution in [-0.4, -0.2) is 17.8 Å². The molecule has 0 amide bonds. The molecule has 336 valence electrons. The SMILES string of the molecule is c1ccc(N2c3ccccc3B3c4ccc5c(c4N(c4ccccc4)c4cccc2c43)c2cc3c(c4c6ccccc6n5c24)N(c2ccccc2)c2cccc4c2B3c2ccccc2N4c2ccccc2)cc1. The Labute approximate surface area is 423 Å². The fourth-order valence-electron chi connectivity index (χ4n) is 13.8. The minimum absolute atomic E-state index is 0.00959. The topological polar surface area (TPSA) is 17.4 Å². The van der Waals surface area contributed by atoms with Crippen LogP contribution in [0.3, 0.4) is 0 Å². The highest BCUT2D eigenvalue weighted by Gasteiger charge is 2.47. The largest absolute Gasteiger partial charge is 0.311 e. The molecule has 17 rings (SSSR count). The van der Waals surface area contributed by atoms with Gasteiger partial charge in [-0.3, -0.25) is 0 Å². The second-order valence-corrected chi connectivity index (χ2v) is 19.9. The van der Waals surface area contributed by atoms with Crippen molar-refractivity contribution in [2.75, 3.05) is 19.6 Å². The molecule has 0 bridgehead atoms. The summed E-state index contributed by atoms with van der Waals surface area (Å²) in [7, 11) is 0. The van der Waals surface area contributed by atoms with Crippen molar-refractivity contribution in [1.82, 2.24) is 4.40 Å². The van der Waals surface area contributed by atoms with Gasteiger partial charge in [-0.2, -0.15) is 0 Å². The highest BCUT2D eigenvalue weighted by atomic mass is 15.2. The fourth-order valence-corrected chi connectivity index (χ4v) is 13.8. The molecule has 0 atom stereocenters. The van der Waals surface area contributed by atoms with Gasteiger partial charge in [-0.1, -0.05) is 152 Å². The molecule has 5 nitrogen and oxygen atoms in total. The fraction of sp³-hybridized carbons (Fsp3) is 0. The zero-order valence-electron chi connectivity index (χ0n) is 39.6. The lowest BCUT2D eigenvalue weighted by Crippen LogP contribution is -2.61. The van der Waals surface area contributed by atoms with Crippen molar-refractivity contribution < 1.29 is 0 Å². The maximum absolute atomic E-state index is 2.62. The van der Waals surface area contributed by atoms with Crippen LogP contribution in [0, 0.1) is 0 Å². The van der Waals surface area contributed by atoms with Crippen molar-refractivity contribution in [2.24, 2.45) is 0 Å². The highest BCUT2D eigenvalue weighted by molar-refractivity contribution is 7.01. The van der Waals surface area contributed by atoms with Gasteiger partial charge in [0.15, 0.2) is 0 Å².